The van der Waals surface area contributed by atoms with E-state index < -0.39 is 0 Å². The summed E-state index contributed by atoms with van der Waals surface area (Å²) in [7, 11) is 0. The topological polar surface area (TPSA) is 77.2 Å². The van der Waals surface area contributed by atoms with Crippen LogP contribution >= 0.6 is 12.2 Å². The number of pyridine rings is 1. The fraction of sp³-hybridized carbons (Fsp3) is 0.133. The van der Waals surface area contributed by atoms with Crippen LogP contribution in [-0.4, -0.2) is 22.5 Å². The van der Waals surface area contributed by atoms with E-state index in [1.807, 2.05) is 13.0 Å². The maximum atomic E-state index is 12.1. The van der Waals surface area contributed by atoms with Crippen LogP contribution in [0.25, 0.3) is 0 Å². The molecule has 2 aromatic rings. The highest BCUT2D eigenvalue weighted by molar-refractivity contribution is 7.80. The van der Waals surface area contributed by atoms with Gasteiger partial charge in [0.1, 0.15) is 23.0 Å². The van der Waals surface area contributed by atoms with Crippen LogP contribution in [0.1, 0.15) is 16.2 Å². The molecule has 0 saturated carbocycles. The second-order valence-corrected chi connectivity index (χ2v) is 4.93. The third-order valence-electron chi connectivity index (χ3n) is 2.59. The van der Waals surface area contributed by atoms with E-state index in [0.29, 0.717) is 17.1 Å². The quantitative estimate of drug-likeness (QED) is 0.829. The lowest BCUT2D eigenvalue weighted by atomic mass is 10.2. The smallest absolute Gasteiger partial charge is 0.274 e. The molecule has 0 aliphatic carbocycles. The number of ether oxygens (including phenoxy) is 1. The number of hydrogen-bond acceptors (Lipinski definition) is 4. The molecule has 1 heterocycles. The van der Waals surface area contributed by atoms with Crippen LogP contribution in [0.3, 0.4) is 0 Å². The normalized spacial score (nSPS) is 9.95. The maximum Gasteiger partial charge on any atom is 0.274 e. The van der Waals surface area contributed by atoms with Gasteiger partial charge in [-0.05, 0) is 31.2 Å². The first kappa shape index (κ1) is 14.9. The van der Waals surface area contributed by atoms with Crippen molar-refractivity contribution in [1.82, 2.24) is 4.98 Å². The second kappa shape index (κ2) is 6.81. The number of nitrogens with zero attached hydrogens (tertiary/aromatic N) is 1. The van der Waals surface area contributed by atoms with Gasteiger partial charge in [-0.1, -0.05) is 24.4 Å². The summed E-state index contributed by atoms with van der Waals surface area (Å²) in [6.07, 6.45) is 0. The third kappa shape index (κ3) is 4.54. The highest BCUT2D eigenvalue weighted by Crippen LogP contribution is 2.18. The molecule has 0 saturated heterocycles. The van der Waals surface area contributed by atoms with Gasteiger partial charge in [-0.25, -0.2) is 4.98 Å². The fourth-order valence-corrected chi connectivity index (χ4v) is 1.74. The molecule has 0 aliphatic heterocycles. The molecular formula is C15H15N3O2S. The molecule has 0 radical (unpaired) electrons. The van der Waals surface area contributed by atoms with Crippen LogP contribution in [0, 0.1) is 6.92 Å². The number of benzene rings is 1. The monoisotopic (exact) mass is 301 g/mol. The molecule has 21 heavy (non-hydrogen) atoms. The fourth-order valence-electron chi connectivity index (χ4n) is 1.68. The van der Waals surface area contributed by atoms with Crippen LogP contribution in [0.4, 0.5) is 5.69 Å². The Kier molecular flexibility index (Phi) is 4.84. The standard InChI is InChI=1S/C15H15N3O2S/c1-10-4-2-7-13(17-10)15(19)18-11-5-3-6-12(8-11)20-9-14(16)21/h2-8H,9H2,1H3,(H2,16,21)(H,18,19). The molecule has 0 bridgehead atoms. The van der Waals surface area contributed by atoms with Gasteiger partial charge in [-0.2, -0.15) is 0 Å². The molecule has 0 spiro atoms. The summed E-state index contributed by atoms with van der Waals surface area (Å²) < 4.78 is 5.38. The van der Waals surface area contributed by atoms with Gasteiger partial charge in [0.15, 0.2) is 0 Å². The van der Waals surface area contributed by atoms with Crippen LogP contribution in [-0.2, 0) is 0 Å². The minimum Gasteiger partial charge on any atom is -0.486 e. The Labute approximate surface area is 128 Å². The Bertz CT molecular complexity index is 673. The number of aryl methyl sites for hydroxylation is 1. The van der Waals surface area contributed by atoms with Gasteiger partial charge in [0.25, 0.3) is 5.91 Å². The van der Waals surface area contributed by atoms with Gasteiger partial charge in [-0.15, -0.1) is 0 Å². The Balaban J connectivity index is 2.07. The zero-order valence-electron chi connectivity index (χ0n) is 11.5. The predicted molar refractivity (Wildman–Crippen MR) is 85.6 cm³/mol. The Morgan fingerprint density at radius 3 is 2.81 bits per heavy atom. The van der Waals surface area contributed by atoms with Crippen LogP contribution < -0.4 is 15.8 Å². The first-order valence-corrected chi connectivity index (χ1v) is 6.71. The predicted octanol–water partition coefficient (Wildman–Crippen LogP) is 2.31. The number of nitrogens with one attached hydrogen (secondary N) is 1. The lowest BCUT2D eigenvalue weighted by Gasteiger charge is -2.08. The van der Waals surface area contributed by atoms with Gasteiger partial charge in [-0.3, -0.25) is 4.79 Å². The molecule has 1 amide bonds. The van der Waals surface area contributed by atoms with Crippen molar-refractivity contribution >= 4 is 28.8 Å². The minimum atomic E-state index is -0.273. The van der Waals surface area contributed by atoms with Gasteiger partial charge < -0.3 is 15.8 Å². The van der Waals surface area contributed by atoms with E-state index in [-0.39, 0.29) is 17.5 Å². The molecular weight excluding hydrogens is 286 g/mol. The first-order chi connectivity index (χ1) is 10.0. The lowest BCUT2D eigenvalue weighted by molar-refractivity contribution is 0.102. The lowest BCUT2D eigenvalue weighted by Crippen LogP contribution is -2.18. The van der Waals surface area contributed by atoms with E-state index in [9.17, 15) is 4.79 Å². The number of hydrogen-bond donors (Lipinski definition) is 2. The van der Waals surface area contributed by atoms with Gasteiger partial charge in [0, 0.05) is 17.4 Å². The zero-order chi connectivity index (χ0) is 15.2. The average Bonchev–Trinajstić information content (AvgIpc) is 2.45. The number of rotatable bonds is 5. The van der Waals surface area contributed by atoms with E-state index in [4.69, 9.17) is 22.7 Å². The van der Waals surface area contributed by atoms with Crippen molar-refractivity contribution in [3.63, 3.8) is 0 Å². The summed E-state index contributed by atoms with van der Waals surface area (Å²) in [5.41, 5.74) is 7.15. The van der Waals surface area contributed by atoms with Crippen molar-refractivity contribution in [2.45, 2.75) is 6.92 Å². The summed E-state index contributed by atoms with van der Waals surface area (Å²) in [6, 6.07) is 12.3. The van der Waals surface area contributed by atoms with Crippen molar-refractivity contribution in [1.29, 1.82) is 0 Å². The molecule has 0 aliphatic rings. The van der Waals surface area contributed by atoms with Crippen LogP contribution in [0.15, 0.2) is 42.5 Å². The molecule has 1 aromatic carbocycles. The SMILES string of the molecule is Cc1cccc(C(=O)Nc2cccc(OCC(N)=S)c2)n1. The number of thiocarbonyl (C=S) groups is 1. The van der Waals surface area contributed by atoms with Crippen molar-refractivity contribution in [3.8, 4) is 5.75 Å². The number of anilines is 1. The van der Waals surface area contributed by atoms with E-state index in [1.54, 1.807) is 36.4 Å². The van der Waals surface area contributed by atoms with E-state index >= 15 is 0 Å². The second-order valence-electron chi connectivity index (χ2n) is 4.40. The Hall–Kier alpha value is -2.47. The largest absolute Gasteiger partial charge is 0.486 e. The van der Waals surface area contributed by atoms with E-state index in [1.165, 1.54) is 0 Å². The molecule has 2 rings (SSSR count). The van der Waals surface area contributed by atoms with E-state index in [0.717, 1.165) is 5.69 Å². The van der Waals surface area contributed by atoms with Crippen LogP contribution in [0.2, 0.25) is 0 Å². The molecule has 0 fully saturated rings. The summed E-state index contributed by atoms with van der Waals surface area (Å²) in [5.74, 6) is 0.308. The molecule has 0 unspecified atom stereocenters. The molecule has 1 aromatic heterocycles. The van der Waals surface area contributed by atoms with Gasteiger partial charge >= 0.3 is 0 Å². The minimum absolute atomic E-state index is 0.159. The van der Waals surface area contributed by atoms with Crippen molar-refractivity contribution in [2.75, 3.05) is 11.9 Å². The molecule has 5 nitrogen and oxygen atoms in total. The van der Waals surface area contributed by atoms with Gasteiger partial charge in [0.2, 0.25) is 0 Å². The van der Waals surface area contributed by atoms with Crippen molar-refractivity contribution in [2.24, 2.45) is 5.73 Å². The highest BCUT2D eigenvalue weighted by atomic mass is 32.1. The number of aromatic nitrogens is 1. The summed E-state index contributed by atoms with van der Waals surface area (Å²) in [6.45, 7) is 1.99. The molecule has 0 atom stereocenters. The summed E-state index contributed by atoms with van der Waals surface area (Å²) in [5, 5.41) is 2.77. The third-order valence-corrected chi connectivity index (χ3v) is 2.71. The summed E-state index contributed by atoms with van der Waals surface area (Å²) in [4.78, 5) is 16.5. The molecule has 108 valence electrons. The average molecular weight is 301 g/mol. The van der Waals surface area contributed by atoms with Crippen molar-refractivity contribution in [3.05, 3.63) is 53.9 Å². The zero-order valence-corrected chi connectivity index (χ0v) is 12.3. The molecule has 3 N–H and O–H groups in total. The maximum absolute atomic E-state index is 12.1. The Morgan fingerprint density at radius 2 is 2.10 bits per heavy atom. The van der Waals surface area contributed by atoms with E-state index in [2.05, 4.69) is 10.3 Å². The van der Waals surface area contributed by atoms with Crippen LogP contribution in [0.5, 0.6) is 5.75 Å². The van der Waals surface area contributed by atoms with Gasteiger partial charge in [0.05, 0.1) is 0 Å². The summed E-state index contributed by atoms with van der Waals surface area (Å²) >= 11 is 4.75. The highest BCUT2D eigenvalue weighted by Gasteiger charge is 2.08. The number of carbonyl (C=O) groups is 1. The molecule has 6 heteroatoms. The first-order valence-electron chi connectivity index (χ1n) is 6.31. The number of carbonyl (C=O) groups excluding carboxylic acids is 1. The number of nitrogens with two attached hydrogens (primary N) is 1. The number of amides is 1. The Morgan fingerprint density at radius 1 is 1.33 bits per heavy atom. The van der Waals surface area contributed by atoms with Crippen molar-refractivity contribution < 1.29 is 9.53 Å².